The summed E-state index contributed by atoms with van der Waals surface area (Å²) in [7, 11) is 0. The second-order valence-corrected chi connectivity index (χ2v) is 6.54. The molecule has 1 amide bonds. The van der Waals surface area contributed by atoms with Crippen LogP contribution in [0.3, 0.4) is 0 Å². The molecule has 1 atom stereocenters. The minimum Gasteiger partial charge on any atom is -0.368 e. The van der Waals surface area contributed by atoms with E-state index in [2.05, 4.69) is 10.2 Å². The summed E-state index contributed by atoms with van der Waals surface area (Å²) in [5, 5.41) is 14.2. The predicted octanol–water partition coefficient (Wildman–Crippen LogP) is 2.09. The zero-order chi connectivity index (χ0) is 16.4. The Balaban J connectivity index is 0.00000156. The number of carbonyl (C=O) groups excluding carboxylic acids is 1. The zero-order valence-corrected chi connectivity index (χ0v) is 15.8. The van der Waals surface area contributed by atoms with Crippen molar-refractivity contribution in [1.82, 2.24) is 10.2 Å². The van der Waals surface area contributed by atoms with E-state index in [1.165, 1.54) is 6.07 Å². The highest BCUT2D eigenvalue weighted by molar-refractivity contribution is 5.85. The Morgan fingerprint density at radius 3 is 2.48 bits per heavy atom. The molecule has 0 radical (unpaired) electrons. The lowest BCUT2D eigenvalue weighted by molar-refractivity contribution is -0.384. The van der Waals surface area contributed by atoms with Crippen molar-refractivity contribution in [2.75, 3.05) is 44.2 Å². The Morgan fingerprint density at radius 1 is 1.24 bits per heavy atom. The standard InChI is InChI=1S/C16H22N4O3.2ClH/c1-16(5-6-17-12-16)15(21)19-9-7-18(8-10-19)13-3-2-4-14(11-13)20(22)23;;/h2-4,11,17H,5-10,12H2,1H3;2*1H. The van der Waals surface area contributed by atoms with Crippen LogP contribution in [0.5, 0.6) is 0 Å². The topological polar surface area (TPSA) is 78.7 Å². The Kier molecular flexibility index (Phi) is 7.46. The highest BCUT2D eigenvalue weighted by Gasteiger charge is 2.39. The Hall–Kier alpha value is -1.57. The first-order valence-electron chi connectivity index (χ1n) is 7.99. The minimum atomic E-state index is -0.378. The van der Waals surface area contributed by atoms with Crippen LogP contribution in [-0.2, 0) is 4.79 Å². The van der Waals surface area contributed by atoms with Gasteiger partial charge in [-0.1, -0.05) is 6.07 Å². The normalized spacial score (nSPS) is 22.8. The number of benzene rings is 1. The maximum atomic E-state index is 12.7. The van der Waals surface area contributed by atoms with Gasteiger partial charge in [0, 0.05) is 50.5 Å². The lowest BCUT2D eigenvalue weighted by Gasteiger charge is -2.39. The summed E-state index contributed by atoms with van der Waals surface area (Å²) in [5.74, 6) is 0.223. The van der Waals surface area contributed by atoms with Crippen molar-refractivity contribution >= 4 is 42.1 Å². The molecular weight excluding hydrogens is 367 g/mol. The Labute approximate surface area is 159 Å². The summed E-state index contributed by atoms with van der Waals surface area (Å²) >= 11 is 0. The van der Waals surface area contributed by atoms with Crippen LogP contribution in [0.15, 0.2) is 24.3 Å². The van der Waals surface area contributed by atoms with E-state index in [-0.39, 0.29) is 46.7 Å². The Bertz CT molecular complexity index is 615. The lowest BCUT2D eigenvalue weighted by Crippen LogP contribution is -2.53. The molecule has 140 valence electrons. The molecule has 9 heteroatoms. The van der Waals surface area contributed by atoms with E-state index in [1.807, 2.05) is 17.9 Å². The fourth-order valence-corrected chi connectivity index (χ4v) is 3.35. The number of piperazine rings is 1. The van der Waals surface area contributed by atoms with E-state index in [1.54, 1.807) is 12.1 Å². The van der Waals surface area contributed by atoms with Crippen molar-refractivity contribution in [1.29, 1.82) is 0 Å². The molecule has 3 rings (SSSR count). The van der Waals surface area contributed by atoms with Gasteiger partial charge < -0.3 is 15.1 Å². The predicted molar refractivity (Wildman–Crippen MR) is 102 cm³/mol. The number of nitrogens with zero attached hydrogens (tertiary/aromatic N) is 3. The molecule has 2 heterocycles. The summed E-state index contributed by atoms with van der Waals surface area (Å²) in [6, 6.07) is 6.68. The van der Waals surface area contributed by atoms with Gasteiger partial charge in [-0.05, 0) is 26.0 Å². The number of non-ortho nitro benzene ring substituents is 1. The SMILES string of the molecule is CC1(C(=O)N2CCN(c3cccc([N+](=O)[O-])c3)CC2)CCNC1.Cl.Cl. The third-order valence-electron chi connectivity index (χ3n) is 4.86. The van der Waals surface area contributed by atoms with Gasteiger partial charge in [0.2, 0.25) is 5.91 Å². The fourth-order valence-electron chi connectivity index (χ4n) is 3.35. The molecule has 0 aromatic heterocycles. The number of anilines is 1. The van der Waals surface area contributed by atoms with Crippen molar-refractivity contribution in [3.05, 3.63) is 34.4 Å². The molecule has 7 nitrogen and oxygen atoms in total. The van der Waals surface area contributed by atoms with Gasteiger partial charge in [-0.25, -0.2) is 0 Å². The average molecular weight is 391 g/mol. The molecule has 0 bridgehead atoms. The number of nitro benzene ring substituents is 1. The molecule has 2 fully saturated rings. The van der Waals surface area contributed by atoms with E-state index in [0.717, 1.165) is 25.2 Å². The highest BCUT2D eigenvalue weighted by atomic mass is 35.5. The van der Waals surface area contributed by atoms with Gasteiger partial charge in [-0.3, -0.25) is 14.9 Å². The number of nitrogens with one attached hydrogen (secondary N) is 1. The summed E-state index contributed by atoms with van der Waals surface area (Å²) in [5.41, 5.74) is 0.666. The van der Waals surface area contributed by atoms with Crippen molar-refractivity contribution in [2.24, 2.45) is 5.41 Å². The second kappa shape index (κ2) is 8.69. The number of nitro groups is 1. The lowest BCUT2D eigenvalue weighted by atomic mass is 9.88. The van der Waals surface area contributed by atoms with Crippen LogP contribution >= 0.6 is 24.8 Å². The average Bonchev–Trinajstić information content (AvgIpc) is 3.02. The monoisotopic (exact) mass is 390 g/mol. The van der Waals surface area contributed by atoms with Crippen molar-refractivity contribution in [2.45, 2.75) is 13.3 Å². The molecule has 1 aromatic carbocycles. The molecule has 25 heavy (non-hydrogen) atoms. The van der Waals surface area contributed by atoms with Gasteiger partial charge in [-0.15, -0.1) is 24.8 Å². The van der Waals surface area contributed by atoms with Crippen LogP contribution in [0.25, 0.3) is 0 Å². The first-order chi connectivity index (χ1) is 11.0. The number of halogens is 2. The first-order valence-corrected chi connectivity index (χ1v) is 7.99. The molecular formula is C16H24Cl2N4O3. The molecule has 2 aliphatic rings. The third kappa shape index (κ3) is 4.54. The van der Waals surface area contributed by atoms with Gasteiger partial charge in [0.25, 0.3) is 5.69 Å². The van der Waals surface area contributed by atoms with E-state index in [4.69, 9.17) is 0 Å². The maximum Gasteiger partial charge on any atom is 0.271 e. The van der Waals surface area contributed by atoms with Gasteiger partial charge >= 0.3 is 0 Å². The summed E-state index contributed by atoms with van der Waals surface area (Å²) in [6.07, 6.45) is 0.886. The van der Waals surface area contributed by atoms with Crippen LogP contribution in [0.2, 0.25) is 0 Å². The minimum absolute atomic E-state index is 0. The van der Waals surface area contributed by atoms with Crippen molar-refractivity contribution in [3.63, 3.8) is 0 Å². The quantitative estimate of drug-likeness (QED) is 0.631. The second-order valence-electron chi connectivity index (χ2n) is 6.54. The highest BCUT2D eigenvalue weighted by Crippen LogP contribution is 2.28. The molecule has 2 aliphatic heterocycles. The third-order valence-corrected chi connectivity index (χ3v) is 4.86. The fraction of sp³-hybridized carbons (Fsp3) is 0.562. The molecule has 1 aromatic rings. The van der Waals surface area contributed by atoms with Gasteiger partial charge in [-0.2, -0.15) is 0 Å². The van der Waals surface area contributed by atoms with E-state index >= 15 is 0 Å². The number of amides is 1. The van der Waals surface area contributed by atoms with Crippen LogP contribution in [-0.4, -0.2) is 55.0 Å². The maximum absolute atomic E-state index is 12.7. The van der Waals surface area contributed by atoms with E-state index in [9.17, 15) is 14.9 Å². The molecule has 1 unspecified atom stereocenters. The number of hydrogen-bond acceptors (Lipinski definition) is 5. The van der Waals surface area contributed by atoms with Crippen molar-refractivity contribution in [3.8, 4) is 0 Å². The smallest absolute Gasteiger partial charge is 0.271 e. The van der Waals surface area contributed by atoms with E-state index < -0.39 is 0 Å². The van der Waals surface area contributed by atoms with E-state index in [0.29, 0.717) is 26.2 Å². The summed E-state index contributed by atoms with van der Waals surface area (Å²) in [4.78, 5) is 27.2. The molecule has 2 saturated heterocycles. The Morgan fingerprint density at radius 2 is 1.92 bits per heavy atom. The number of hydrogen-bond donors (Lipinski definition) is 1. The van der Waals surface area contributed by atoms with Crippen molar-refractivity contribution < 1.29 is 9.72 Å². The molecule has 1 N–H and O–H groups in total. The number of carbonyl (C=O) groups is 1. The van der Waals surface area contributed by atoms with Crippen LogP contribution < -0.4 is 10.2 Å². The van der Waals surface area contributed by atoms with Crippen LogP contribution in [0.4, 0.5) is 11.4 Å². The van der Waals surface area contributed by atoms with Crippen LogP contribution in [0.1, 0.15) is 13.3 Å². The largest absolute Gasteiger partial charge is 0.368 e. The first kappa shape index (κ1) is 21.5. The zero-order valence-electron chi connectivity index (χ0n) is 14.1. The number of rotatable bonds is 3. The molecule has 0 spiro atoms. The summed E-state index contributed by atoms with van der Waals surface area (Å²) < 4.78 is 0. The van der Waals surface area contributed by atoms with Gasteiger partial charge in [0.05, 0.1) is 10.3 Å². The molecule has 0 saturated carbocycles. The molecule has 0 aliphatic carbocycles. The van der Waals surface area contributed by atoms with Gasteiger partial charge in [0.15, 0.2) is 0 Å². The summed E-state index contributed by atoms with van der Waals surface area (Å²) in [6.45, 7) is 6.41. The van der Waals surface area contributed by atoms with Gasteiger partial charge in [0.1, 0.15) is 0 Å². The van der Waals surface area contributed by atoms with Crippen LogP contribution in [0, 0.1) is 15.5 Å².